The monoisotopic (exact) mass is 194 g/mol. The van der Waals surface area contributed by atoms with Crippen LogP contribution in [-0.4, -0.2) is 10.2 Å². The van der Waals surface area contributed by atoms with Crippen molar-refractivity contribution in [2.24, 2.45) is 0 Å². The fraction of sp³-hybridized carbons (Fsp3) is 0.100. The van der Waals surface area contributed by atoms with Crippen LogP contribution in [0.25, 0.3) is 0 Å². The SMILES string of the molecule is Fc1cccc(F)c1Cc1ccn[nH]1. The van der Waals surface area contributed by atoms with Gasteiger partial charge in [0.05, 0.1) is 0 Å². The lowest BCUT2D eigenvalue weighted by molar-refractivity contribution is 0.560. The Morgan fingerprint density at radius 3 is 2.43 bits per heavy atom. The highest BCUT2D eigenvalue weighted by Crippen LogP contribution is 2.15. The van der Waals surface area contributed by atoms with Gasteiger partial charge >= 0.3 is 0 Å². The van der Waals surface area contributed by atoms with Gasteiger partial charge in [0.2, 0.25) is 0 Å². The van der Waals surface area contributed by atoms with E-state index in [0.29, 0.717) is 5.69 Å². The molecule has 0 radical (unpaired) electrons. The second-order valence-electron chi connectivity index (χ2n) is 2.96. The molecule has 0 atom stereocenters. The molecule has 72 valence electrons. The van der Waals surface area contributed by atoms with E-state index in [1.807, 2.05) is 0 Å². The molecule has 1 heterocycles. The Kier molecular flexibility index (Phi) is 2.26. The van der Waals surface area contributed by atoms with Gasteiger partial charge in [-0.05, 0) is 18.2 Å². The minimum atomic E-state index is -0.528. The molecule has 0 saturated carbocycles. The smallest absolute Gasteiger partial charge is 0.129 e. The van der Waals surface area contributed by atoms with Crippen LogP contribution in [0.5, 0.6) is 0 Å². The molecule has 0 saturated heterocycles. The molecule has 4 heteroatoms. The molecule has 2 nitrogen and oxygen atoms in total. The van der Waals surface area contributed by atoms with Gasteiger partial charge < -0.3 is 0 Å². The molecule has 1 aromatic heterocycles. The summed E-state index contributed by atoms with van der Waals surface area (Å²) in [6, 6.07) is 5.52. The van der Waals surface area contributed by atoms with Crippen molar-refractivity contribution in [2.45, 2.75) is 6.42 Å². The standard InChI is InChI=1S/C10H8F2N2/c11-9-2-1-3-10(12)8(9)6-7-4-5-13-14-7/h1-5H,6H2,(H,13,14). The summed E-state index contributed by atoms with van der Waals surface area (Å²) in [5.41, 5.74) is 0.755. The lowest BCUT2D eigenvalue weighted by Gasteiger charge is -2.02. The van der Waals surface area contributed by atoms with E-state index in [4.69, 9.17) is 0 Å². The lowest BCUT2D eigenvalue weighted by Crippen LogP contribution is -1.97. The summed E-state index contributed by atoms with van der Waals surface area (Å²) in [7, 11) is 0. The third-order valence-electron chi connectivity index (χ3n) is 1.99. The van der Waals surface area contributed by atoms with Crippen molar-refractivity contribution in [2.75, 3.05) is 0 Å². The molecule has 1 aromatic carbocycles. The van der Waals surface area contributed by atoms with Crippen molar-refractivity contribution in [3.63, 3.8) is 0 Å². The molecule has 0 unspecified atom stereocenters. The summed E-state index contributed by atoms with van der Waals surface area (Å²) in [4.78, 5) is 0. The quantitative estimate of drug-likeness (QED) is 0.780. The predicted molar refractivity (Wildman–Crippen MR) is 47.8 cm³/mol. The molecule has 0 fully saturated rings. The van der Waals surface area contributed by atoms with E-state index in [0.717, 1.165) is 0 Å². The van der Waals surface area contributed by atoms with E-state index in [1.165, 1.54) is 18.2 Å². The molecule has 0 aliphatic carbocycles. The molecule has 0 aliphatic rings. The van der Waals surface area contributed by atoms with Crippen LogP contribution in [0.4, 0.5) is 8.78 Å². The number of nitrogens with one attached hydrogen (secondary N) is 1. The highest BCUT2D eigenvalue weighted by atomic mass is 19.1. The Balaban J connectivity index is 2.33. The first kappa shape index (κ1) is 8.87. The van der Waals surface area contributed by atoms with Crippen molar-refractivity contribution < 1.29 is 8.78 Å². The number of H-pyrrole nitrogens is 1. The zero-order chi connectivity index (χ0) is 9.97. The fourth-order valence-corrected chi connectivity index (χ4v) is 1.27. The van der Waals surface area contributed by atoms with E-state index in [-0.39, 0.29) is 12.0 Å². The largest absolute Gasteiger partial charge is 0.282 e. The van der Waals surface area contributed by atoms with Gasteiger partial charge in [-0.3, -0.25) is 5.10 Å². The van der Waals surface area contributed by atoms with Gasteiger partial charge in [0.1, 0.15) is 11.6 Å². The third kappa shape index (κ3) is 1.64. The van der Waals surface area contributed by atoms with Gasteiger partial charge in [0.25, 0.3) is 0 Å². The van der Waals surface area contributed by atoms with E-state index in [9.17, 15) is 8.78 Å². The molecule has 0 amide bonds. The first-order valence-electron chi connectivity index (χ1n) is 4.18. The molecule has 2 rings (SSSR count). The van der Waals surface area contributed by atoms with Crippen LogP contribution in [-0.2, 0) is 6.42 Å². The number of nitrogens with zero attached hydrogens (tertiary/aromatic N) is 1. The van der Waals surface area contributed by atoms with Crippen molar-refractivity contribution in [1.29, 1.82) is 0 Å². The maximum absolute atomic E-state index is 13.2. The van der Waals surface area contributed by atoms with E-state index >= 15 is 0 Å². The predicted octanol–water partition coefficient (Wildman–Crippen LogP) is 2.28. The average Bonchev–Trinajstić information content (AvgIpc) is 2.64. The summed E-state index contributed by atoms with van der Waals surface area (Å²) in [5.74, 6) is -1.06. The summed E-state index contributed by atoms with van der Waals surface area (Å²) in [6.07, 6.45) is 1.74. The number of aromatic amines is 1. The maximum atomic E-state index is 13.2. The van der Waals surface area contributed by atoms with Gasteiger partial charge in [-0.15, -0.1) is 0 Å². The zero-order valence-electron chi connectivity index (χ0n) is 7.30. The molecule has 1 N–H and O–H groups in total. The number of halogens is 2. The van der Waals surface area contributed by atoms with Crippen molar-refractivity contribution in [3.8, 4) is 0 Å². The summed E-state index contributed by atoms with van der Waals surface area (Å²) >= 11 is 0. The number of rotatable bonds is 2. The molecule has 2 aromatic rings. The lowest BCUT2D eigenvalue weighted by atomic mass is 10.1. The molecule has 0 bridgehead atoms. The van der Waals surface area contributed by atoms with Crippen LogP contribution >= 0.6 is 0 Å². The molecule has 0 aliphatic heterocycles. The normalized spacial score (nSPS) is 10.4. The Hall–Kier alpha value is -1.71. The average molecular weight is 194 g/mol. The minimum absolute atomic E-state index is 0.0664. The summed E-state index contributed by atoms with van der Waals surface area (Å²) in [6.45, 7) is 0. The molecular weight excluding hydrogens is 186 g/mol. The second-order valence-corrected chi connectivity index (χ2v) is 2.96. The first-order chi connectivity index (χ1) is 6.77. The van der Waals surface area contributed by atoms with Gasteiger partial charge in [-0.1, -0.05) is 6.07 Å². The Labute approximate surface area is 79.6 Å². The molecule has 14 heavy (non-hydrogen) atoms. The van der Waals surface area contributed by atoms with E-state index in [1.54, 1.807) is 12.3 Å². The highest BCUT2D eigenvalue weighted by molar-refractivity contribution is 5.24. The molecule has 0 spiro atoms. The number of benzene rings is 1. The fourth-order valence-electron chi connectivity index (χ4n) is 1.27. The zero-order valence-corrected chi connectivity index (χ0v) is 7.30. The first-order valence-corrected chi connectivity index (χ1v) is 4.18. The minimum Gasteiger partial charge on any atom is -0.282 e. The Bertz CT molecular complexity index is 403. The van der Waals surface area contributed by atoms with E-state index < -0.39 is 11.6 Å². The van der Waals surface area contributed by atoms with Crippen LogP contribution in [0.15, 0.2) is 30.5 Å². The second kappa shape index (κ2) is 3.57. The Morgan fingerprint density at radius 1 is 1.14 bits per heavy atom. The van der Waals surface area contributed by atoms with Crippen LogP contribution in [0, 0.1) is 11.6 Å². The van der Waals surface area contributed by atoms with Crippen molar-refractivity contribution >= 4 is 0 Å². The van der Waals surface area contributed by atoms with Gasteiger partial charge in [-0.2, -0.15) is 5.10 Å². The van der Waals surface area contributed by atoms with Crippen LogP contribution in [0.3, 0.4) is 0 Å². The van der Waals surface area contributed by atoms with Gasteiger partial charge in [0, 0.05) is 23.9 Å². The van der Waals surface area contributed by atoms with Crippen LogP contribution < -0.4 is 0 Å². The maximum Gasteiger partial charge on any atom is 0.129 e. The van der Waals surface area contributed by atoms with Crippen LogP contribution in [0.2, 0.25) is 0 Å². The van der Waals surface area contributed by atoms with Crippen molar-refractivity contribution in [3.05, 3.63) is 53.4 Å². The van der Waals surface area contributed by atoms with E-state index in [2.05, 4.69) is 10.2 Å². The summed E-state index contributed by atoms with van der Waals surface area (Å²) in [5, 5.41) is 6.36. The van der Waals surface area contributed by atoms with Gasteiger partial charge in [-0.25, -0.2) is 8.78 Å². The molecular formula is C10H8F2N2. The number of aromatic nitrogens is 2. The topological polar surface area (TPSA) is 28.7 Å². The van der Waals surface area contributed by atoms with Crippen molar-refractivity contribution in [1.82, 2.24) is 10.2 Å². The Morgan fingerprint density at radius 2 is 1.86 bits per heavy atom. The third-order valence-corrected chi connectivity index (χ3v) is 1.99. The number of hydrogen-bond acceptors (Lipinski definition) is 1. The summed E-state index contributed by atoms with van der Waals surface area (Å²) < 4.78 is 26.3. The van der Waals surface area contributed by atoms with Crippen LogP contribution in [0.1, 0.15) is 11.3 Å². The van der Waals surface area contributed by atoms with Gasteiger partial charge in [0.15, 0.2) is 0 Å². The highest BCUT2D eigenvalue weighted by Gasteiger charge is 2.09. The number of hydrogen-bond donors (Lipinski definition) is 1.